The lowest BCUT2D eigenvalue weighted by Gasteiger charge is -2.17. The number of likely N-dealkylation sites (tertiary alicyclic amines) is 1. The number of rotatable bonds is 4. The molecule has 5 nitrogen and oxygen atoms in total. The van der Waals surface area contributed by atoms with E-state index in [4.69, 9.17) is 0 Å². The Hall–Kier alpha value is -1.92. The first-order valence-electron chi connectivity index (χ1n) is 7.81. The highest BCUT2D eigenvalue weighted by Crippen LogP contribution is 2.18. The van der Waals surface area contributed by atoms with Crippen molar-refractivity contribution in [3.63, 3.8) is 0 Å². The largest absolute Gasteiger partial charge is 0.365 e. The van der Waals surface area contributed by atoms with Gasteiger partial charge in [0.25, 0.3) is 0 Å². The molecule has 3 heterocycles. The van der Waals surface area contributed by atoms with Crippen molar-refractivity contribution in [3.05, 3.63) is 58.8 Å². The number of halogens is 1. The molecule has 1 N–H and O–H groups in total. The molecule has 0 amide bonds. The van der Waals surface area contributed by atoms with Crippen molar-refractivity contribution in [2.45, 2.75) is 19.0 Å². The Morgan fingerprint density at radius 3 is 2.91 bits per heavy atom. The number of benzene rings is 1. The van der Waals surface area contributed by atoms with Crippen LogP contribution in [0, 0.1) is 0 Å². The molecule has 0 radical (unpaired) electrons. The van der Waals surface area contributed by atoms with Gasteiger partial charge in [0.2, 0.25) is 0 Å². The fraction of sp³-hybridized carbons (Fsp3) is 0.294. The van der Waals surface area contributed by atoms with E-state index in [-0.39, 0.29) is 0 Å². The average molecular weight is 372 g/mol. The van der Waals surface area contributed by atoms with Crippen LogP contribution in [0.5, 0.6) is 0 Å². The topological polar surface area (TPSA) is 45.5 Å². The van der Waals surface area contributed by atoms with Gasteiger partial charge in [-0.2, -0.15) is 0 Å². The SMILES string of the molecule is Brc1cnc2ccc(NC3CCN(Cc4ccccc4)C3)nn12. The number of nitrogens with one attached hydrogen (secondary N) is 1. The molecule has 1 aliphatic heterocycles. The van der Waals surface area contributed by atoms with Crippen LogP contribution in [0.4, 0.5) is 5.82 Å². The second kappa shape index (κ2) is 6.29. The first-order chi connectivity index (χ1) is 11.3. The zero-order valence-corrected chi connectivity index (χ0v) is 14.3. The van der Waals surface area contributed by atoms with Crippen molar-refractivity contribution >= 4 is 27.4 Å². The summed E-state index contributed by atoms with van der Waals surface area (Å²) in [6, 6.07) is 15.1. The summed E-state index contributed by atoms with van der Waals surface area (Å²) in [6.45, 7) is 3.17. The van der Waals surface area contributed by atoms with Crippen LogP contribution in [-0.2, 0) is 6.54 Å². The number of imidazole rings is 1. The van der Waals surface area contributed by atoms with E-state index in [1.165, 1.54) is 5.56 Å². The van der Waals surface area contributed by atoms with E-state index in [9.17, 15) is 0 Å². The van der Waals surface area contributed by atoms with E-state index in [0.717, 1.165) is 42.1 Å². The Morgan fingerprint density at radius 1 is 1.17 bits per heavy atom. The van der Waals surface area contributed by atoms with Crippen LogP contribution in [0.25, 0.3) is 5.65 Å². The Morgan fingerprint density at radius 2 is 2.04 bits per heavy atom. The molecule has 4 rings (SSSR count). The van der Waals surface area contributed by atoms with Crippen molar-refractivity contribution in [1.29, 1.82) is 0 Å². The summed E-state index contributed by atoms with van der Waals surface area (Å²) >= 11 is 3.46. The third-order valence-corrected chi connectivity index (χ3v) is 4.73. The van der Waals surface area contributed by atoms with E-state index in [0.29, 0.717) is 6.04 Å². The van der Waals surface area contributed by atoms with Gasteiger partial charge in [0, 0.05) is 25.7 Å². The zero-order valence-electron chi connectivity index (χ0n) is 12.7. The second-order valence-corrected chi connectivity index (χ2v) is 6.73. The number of nitrogens with zero attached hydrogens (tertiary/aromatic N) is 4. The number of anilines is 1. The molecule has 23 heavy (non-hydrogen) atoms. The molecule has 1 atom stereocenters. The summed E-state index contributed by atoms with van der Waals surface area (Å²) in [5.74, 6) is 0.891. The predicted octanol–water partition coefficient (Wildman–Crippen LogP) is 3.18. The number of fused-ring (bicyclic) bond motifs is 1. The molecular formula is C17H18BrN5. The standard InChI is InChI=1S/C17H18BrN5/c18-15-10-19-17-7-6-16(21-23(15)17)20-14-8-9-22(12-14)11-13-4-2-1-3-5-13/h1-7,10,14H,8-9,11-12H2,(H,20,21). The van der Waals surface area contributed by atoms with Gasteiger partial charge in [0.1, 0.15) is 10.4 Å². The quantitative estimate of drug-likeness (QED) is 0.764. The van der Waals surface area contributed by atoms with Gasteiger partial charge in [-0.25, -0.2) is 9.50 Å². The van der Waals surface area contributed by atoms with Crippen LogP contribution < -0.4 is 5.32 Å². The number of hydrogen-bond donors (Lipinski definition) is 1. The number of hydrogen-bond acceptors (Lipinski definition) is 4. The molecule has 0 aliphatic carbocycles. The smallest absolute Gasteiger partial charge is 0.154 e. The van der Waals surface area contributed by atoms with Crippen molar-refractivity contribution in [1.82, 2.24) is 19.5 Å². The molecule has 1 aromatic carbocycles. The number of aromatic nitrogens is 3. The third kappa shape index (κ3) is 3.23. The van der Waals surface area contributed by atoms with Crippen LogP contribution in [-0.4, -0.2) is 38.6 Å². The van der Waals surface area contributed by atoms with Crippen LogP contribution >= 0.6 is 15.9 Å². The van der Waals surface area contributed by atoms with Crippen LogP contribution in [0.1, 0.15) is 12.0 Å². The summed E-state index contributed by atoms with van der Waals surface area (Å²) in [4.78, 5) is 6.75. The van der Waals surface area contributed by atoms with Crippen LogP contribution in [0.3, 0.4) is 0 Å². The maximum atomic E-state index is 4.58. The van der Waals surface area contributed by atoms with Crippen molar-refractivity contribution in [2.24, 2.45) is 0 Å². The van der Waals surface area contributed by atoms with Crippen molar-refractivity contribution in [3.8, 4) is 0 Å². The van der Waals surface area contributed by atoms with Gasteiger partial charge >= 0.3 is 0 Å². The van der Waals surface area contributed by atoms with E-state index in [1.54, 1.807) is 10.7 Å². The molecule has 118 valence electrons. The highest BCUT2D eigenvalue weighted by Gasteiger charge is 2.22. The van der Waals surface area contributed by atoms with E-state index in [1.807, 2.05) is 12.1 Å². The zero-order chi connectivity index (χ0) is 15.6. The molecule has 0 bridgehead atoms. The maximum Gasteiger partial charge on any atom is 0.154 e. The van der Waals surface area contributed by atoms with Gasteiger partial charge in [-0.1, -0.05) is 30.3 Å². The first-order valence-corrected chi connectivity index (χ1v) is 8.60. The van der Waals surface area contributed by atoms with Gasteiger partial charge in [0.05, 0.1) is 6.20 Å². The normalized spacial score (nSPS) is 18.6. The minimum Gasteiger partial charge on any atom is -0.365 e. The molecule has 2 aromatic heterocycles. The fourth-order valence-corrected chi connectivity index (χ4v) is 3.43. The highest BCUT2D eigenvalue weighted by molar-refractivity contribution is 9.10. The summed E-state index contributed by atoms with van der Waals surface area (Å²) in [7, 11) is 0. The highest BCUT2D eigenvalue weighted by atomic mass is 79.9. The Bertz CT molecular complexity index is 801. The van der Waals surface area contributed by atoms with Crippen molar-refractivity contribution in [2.75, 3.05) is 18.4 Å². The minimum atomic E-state index is 0.436. The lowest BCUT2D eigenvalue weighted by molar-refractivity contribution is 0.328. The van der Waals surface area contributed by atoms with Gasteiger partial charge in [-0.15, -0.1) is 5.10 Å². The lowest BCUT2D eigenvalue weighted by Crippen LogP contribution is -2.26. The van der Waals surface area contributed by atoms with Gasteiger partial charge in [-0.3, -0.25) is 4.90 Å². The van der Waals surface area contributed by atoms with Crippen LogP contribution in [0.2, 0.25) is 0 Å². The van der Waals surface area contributed by atoms with E-state index < -0.39 is 0 Å². The fourth-order valence-electron chi connectivity index (χ4n) is 3.07. The molecular weight excluding hydrogens is 354 g/mol. The Balaban J connectivity index is 1.40. The summed E-state index contributed by atoms with van der Waals surface area (Å²) < 4.78 is 2.67. The minimum absolute atomic E-state index is 0.436. The summed E-state index contributed by atoms with van der Waals surface area (Å²) in [5, 5.41) is 8.13. The van der Waals surface area contributed by atoms with Crippen molar-refractivity contribution < 1.29 is 0 Å². The Labute approximate surface area is 143 Å². The average Bonchev–Trinajstić information content (AvgIpc) is 3.16. The molecule has 3 aromatic rings. The molecule has 1 fully saturated rings. The molecule has 0 spiro atoms. The summed E-state index contributed by atoms with van der Waals surface area (Å²) in [6.07, 6.45) is 2.90. The molecule has 1 saturated heterocycles. The molecule has 0 saturated carbocycles. The third-order valence-electron chi connectivity index (χ3n) is 4.19. The molecule has 1 aliphatic rings. The van der Waals surface area contributed by atoms with Gasteiger partial charge < -0.3 is 5.32 Å². The monoisotopic (exact) mass is 371 g/mol. The lowest BCUT2D eigenvalue weighted by atomic mass is 10.2. The summed E-state index contributed by atoms with van der Waals surface area (Å²) in [5.41, 5.74) is 2.22. The predicted molar refractivity (Wildman–Crippen MR) is 94.4 cm³/mol. The molecule has 6 heteroatoms. The maximum absolute atomic E-state index is 4.58. The molecule has 1 unspecified atom stereocenters. The van der Waals surface area contributed by atoms with E-state index in [2.05, 4.69) is 66.6 Å². The second-order valence-electron chi connectivity index (χ2n) is 5.92. The van der Waals surface area contributed by atoms with Crippen LogP contribution in [0.15, 0.2) is 53.3 Å². The first kappa shape index (κ1) is 14.7. The van der Waals surface area contributed by atoms with Gasteiger partial charge in [0.15, 0.2) is 5.65 Å². The van der Waals surface area contributed by atoms with E-state index >= 15 is 0 Å². The van der Waals surface area contributed by atoms with Gasteiger partial charge in [-0.05, 0) is 40.0 Å². The Kier molecular flexibility index (Phi) is 4.01.